The zero-order chi connectivity index (χ0) is 17.8. The SMILES string of the molecule is Cc1cc(-n2cncn2)ccc1C(=O)NCc1ccc(F)c(CO)c1. The van der Waals surface area contributed by atoms with Gasteiger partial charge in [-0.25, -0.2) is 14.1 Å². The van der Waals surface area contributed by atoms with E-state index in [9.17, 15) is 9.18 Å². The van der Waals surface area contributed by atoms with Crippen molar-refractivity contribution >= 4 is 5.91 Å². The molecule has 0 bridgehead atoms. The first-order chi connectivity index (χ1) is 12.1. The third-order valence-electron chi connectivity index (χ3n) is 3.87. The summed E-state index contributed by atoms with van der Waals surface area (Å²) in [5.41, 5.74) is 3.10. The Hall–Kier alpha value is -3.06. The number of aliphatic hydroxyl groups is 1. The van der Waals surface area contributed by atoms with Crippen molar-refractivity contribution in [3.05, 3.63) is 77.1 Å². The van der Waals surface area contributed by atoms with E-state index >= 15 is 0 Å². The number of benzene rings is 2. The summed E-state index contributed by atoms with van der Waals surface area (Å²) in [6.07, 6.45) is 3.03. The number of halogens is 1. The number of aryl methyl sites for hydroxylation is 1. The molecule has 2 aromatic carbocycles. The molecule has 3 aromatic rings. The van der Waals surface area contributed by atoms with Crippen LogP contribution in [0, 0.1) is 12.7 Å². The lowest BCUT2D eigenvalue weighted by molar-refractivity contribution is 0.0950. The molecule has 1 heterocycles. The van der Waals surface area contributed by atoms with Gasteiger partial charge < -0.3 is 10.4 Å². The smallest absolute Gasteiger partial charge is 0.251 e. The molecule has 0 saturated carbocycles. The number of hydrogen-bond acceptors (Lipinski definition) is 4. The van der Waals surface area contributed by atoms with Crippen LogP contribution >= 0.6 is 0 Å². The van der Waals surface area contributed by atoms with E-state index in [0.29, 0.717) is 5.56 Å². The molecule has 0 spiro atoms. The molecule has 1 aromatic heterocycles. The highest BCUT2D eigenvalue weighted by atomic mass is 19.1. The quantitative estimate of drug-likeness (QED) is 0.746. The van der Waals surface area contributed by atoms with Gasteiger partial charge in [0, 0.05) is 17.7 Å². The Bertz CT molecular complexity index is 894. The van der Waals surface area contributed by atoms with Crippen LogP contribution in [0.25, 0.3) is 5.69 Å². The molecule has 25 heavy (non-hydrogen) atoms. The largest absolute Gasteiger partial charge is 0.392 e. The number of rotatable bonds is 5. The van der Waals surface area contributed by atoms with Crippen molar-refractivity contribution in [1.82, 2.24) is 20.1 Å². The molecule has 0 aliphatic heterocycles. The minimum atomic E-state index is -0.461. The maximum absolute atomic E-state index is 13.4. The number of amides is 1. The van der Waals surface area contributed by atoms with E-state index in [1.165, 1.54) is 18.5 Å². The monoisotopic (exact) mass is 340 g/mol. The fraction of sp³-hybridized carbons (Fsp3) is 0.167. The third-order valence-corrected chi connectivity index (χ3v) is 3.87. The predicted octanol–water partition coefficient (Wildman–Crippen LogP) is 2.14. The fourth-order valence-electron chi connectivity index (χ4n) is 2.52. The second-order valence-corrected chi connectivity index (χ2v) is 5.61. The van der Waals surface area contributed by atoms with Gasteiger partial charge in [0.15, 0.2) is 0 Å². The van der Waals surface area contributed by atoms with Crippen LogP contribution < -0.4 is 5.32 Å². The summed E-state index contributed by atoms with van der Waals surface area (Å²) in [6.45, 7) is 1.71. The van der Waals surface area contributed by atoms with Gasteiger partial charge in [0.25, 0.3) is 5.91 Å². The molecule has 0 aliphatic carbocycles. The summed E-state index contributed by atoms with van der Waals surface area (Å²) in [6, 6.07) is 9.77. The summed E-state index contributed by atoms with van der Waals surface area (Å²) in [4.78, 5) is 16.3. The highest BCUT2D eigenvalue weighted by Crippen LogP contribution is 2.15. The summed E-state index contributed by atoms with van der Waals surface area (Å²) in [5, 5.41) is 16.0. The van der Waals surface area contributed by atoms with E-state index in [-0.39, 0.29) is 24.6 Å². The number of carbonyl (C=O) groups excluding carboxylic acids is 1. The molecule has 0 fully saturated rings. The van der Waals surface area contributed by atoms with Crippen LogP contribution in [0.5, 0.6) is 0 Å². The molecule has 0 atom stereocenters. The number of nitrogens with zero attached hydrogens (tertiary/aromatic N) is 3. The molecule has 0 unspecified atom stereocenters. The van der Waals surface area contributed by atoms with Crippen molar-refractivity contribution < 1.29 is 14.3 Å². The lowest BCUT2D eigenvalue weighted by Gasteiger charge is -2.10. The lowest BCUT2D eigenvalue weighted by Crippen LogP contribution is -2.23. The van der Waals surface area contributed by atoms with Crippen LogP contribution in [0.2, 0.25) is 0 Å². The predicted molar refractivity (Wildman–Crippen MR) is 89.6 cm³/mol. The van der Waals surface area contributed by atoms with E-state index in [2.05, 4.69) is 15.4 Å². The second kappa shape index (κ2) is 7.23. The van der Waals surface area contributed by atoms with Crippen LogP contribution in [-0.4, -0.2) is 25.8 Å². The average Bonchev–Trinajstić information content (AvgIpc) is 3.15. The van der Waals surface area contributed by atoms with Crippen LogP contribution in [0.3, 0.4) is 0 Å². The number of carbonyl (C=O) groups is 1. The molecular weight excluding hydrogens is 323 g/mol. The van der Waals surface area contributed by atoms with Gasteiger partial charge >= 0.3 is 0 Å². The van der Waals surface area contributed by atoms with Gasteiger partial charge in [-0.15, -0.1) is 0 Å². The van der Waals surface area contributed by atoms with Gasteiger partial charge in [0.2, 0.25) is 0 Å². The van der Waals surface area contributed by atoms with Crippen LogP contribution in [0.1, 0.15) is 27.0 Å². The first kappa shape index (κ1) is 16.8. The molecule has 0 aliphatic rings. The van der Waals surface area contributed by atoms with Crippen molar-refractivity contribution in [3.63, 3.8) is 0 Å². The molecule has 7 heteroatoms. The fourth-order valence-corrected chi connectivity index (χ4v) is 2.52. The van der Waals surface area contributed by atoms with Gasteiger partial charge in [0.05, 0.1) is 12.3 Å². The molecule has 128 valence electrons. The van der Waals surface area contributed by atoms with Gasteiger partial charge in [-0.05, 0) is 48.4 Å². The van der Waals surface area contributed by atoms with Crippen molar-refractivity contribution in [3.8, 4) is 5.69 Å². The molecular formula is C18H17FN4O2. The molecule has 2 N–H and O–H groups in total. The minimum Gasteiger partial charge on any atom is -0.392 e. The van der Waals surface area contributed by atoms with E-state index < -0.39 is 5.82 Å². The summed E-state index contributed by atoms with van der Waals surface area (Å²) < 4.78 is 15.0. The van der Waals surface area contributed by atoms with Gasteiger partial charge in [0.1, 0.15) is 18.5 Å². The Morgan fingerprint density at radius 1 is 1.28 bits per heavy atom. The number of aliphatic hydroxyl groups excluding tert-OH is 1. The second-order valence-electron chi connectivity index (χ2n) is 5.61. The number of nitrogens with one attached hydrogen (secondary N) is 1. The van der Waals surface area contributed by atoms with E-state index in [1.54, 1.807) is 29.2 Å². The topological polar surface area (TPSA) is 80.0 Å². The maximum Gasteiger partial charge on any atom is 0.251 e. The summed E-state index contributed by atoms with van der Waals surface area (Å²) >= 11 is 0. The Morgan fingerprint density at radius 3 is 2.80 bits per heavy atom. The normalized spacial score (nSPS) is 10.7. The molecule has 3 rings (SSSR count). The highest BCUT2D eigenvalue weighted by Gasteiger charge is 2.11. The Morgan fingerprint density at radius 2 is 2.12 bits per heavy atom. The summed E-state index contributed by atoms with van der Waals surface area (Å²) in [7, 11) is 0. The highest BCUT2D eigenvalue weighted by molar-refractivity contribution is 5.95. The zero-order valence-electron chi connectivity index (χ0n) is 13.6. The molecule has 0 radical (unpaired) electrons. The molecule has 1 amide bonds. The van der Waals surface area contributed by atoms with Gasteiger partial charge in [-0.3, -0.25) is 4.79 Å². The van der Waals surface area contributed by atoms with Crippen LogP contribution in [0.4, 0.5) is 4.39 Å². The van der Waals surface area contributed by atoms with Gasteiger partial charge in [-0.1, -0.05) is 6.07 Å². The average molecular weight is 340 g/mol. The first-order valence-corrected chi connectivity index (χ1v) is 7.70. The van der Waals surface area contributed by atoms with E-state index in [4.69, 9.17) is 5.11 Å². The van der Waals surface area contributed by atoms with E-state index in [0.717, 1.165) is 16.8 Å². The van der Waals surface area contributed by atoms with Crippen LogP contribution in [0.15, 0.2) is 49.1 Å². The van der Waals surface area contributed by atoms with Crippen LogP contribution in [-0.2, 0) is 13.2 Å². The Labute approximate surface area is 144 Å². The van der Waals surface area contributed by atoms with Crippen molar-refractivity contribution in [2.45, 2.75) is 20.1 Å². The molecule has 6 nitrogen and oxygen atoms in total. The first-order valence-electron chi connectivity index (χ1n) is 7.70. The van der Waals surface area contributed by atoms with Gasteiger partial charge in [-0.2, -0.15) is 5.10 Å². The van der Waals surface area contributed by atoms with Crippen molar-refractivity contribution in [2.24, 2.45) is 0 Å². The Balaban J connectivity index is 1.71. The zero-order valence-corrected chi connectivity index (χ0v) is 13.6. The number of hydrogen-bond donors (Lipinski definition) is 2. The standard InChI is InChI=1S/C18H17FN4O2/c1-12-6-15(23-11-20-10-22-23)3-4-16(12)18(25)21-8-13-2-5-17(19)14(7-13)9-24/h2-7,10-11,24H,8-9H2,1H3,(H,21,25). The maximum atomic E-state index is 13.4. The van der Waals surface area contributed by atoms with Crippen molar-refractivity contribution in [2.75, 3.05) is 0 Å². The summed E-state index contributed by atoms with van der Waals surface area (Å²) in [5.74, 6) is -0.686. The number of aromatic nitrogens is 3. The van der Waals surface area contributed by atoms with E-state index in [1.807, 2.05) is 13.0 Å². The van der Waals surface area contributed by atoms with Crippen molar-refractivity contribution in [1.29, 1.82) is 0 Å². The minimum absolute atomic E-state index is 0.208. The third kappa shape index (κ3) is 3.72. The lowest BCUT2D eigenvalue weighted by atomic mass is 10.1. The molecule has 0 saturated heterocycles. The Kier molecular flexibility index (Phi) is 4.85.